The second-order valence-electron chi connectivity index (χ2n) is 8.34. The zero-order chi connectivity index (χ0) is 23.4. The quantitative estimate of drug-likeness (QED) is 0.638. The predicted octanol–water partition coefficient (Wildman–Crippen LogP) is 2.86. The molecule has 2 aliphatic rings. The molecule has 1 aliphatic carbocycles. The van der Waals surface area contributed by atoms with Crippen LogP contribution in [0.5, 0.6) is 0 Å². The van der Waals surface area contributed by atoms with Crippen molar-refractivity contribution >= 4 is 18.0 Å². The molecule has 0 spiro atoms. The largest absolute Gasteiger partial charge is 0.480 e. The summed E-state index contributed by atoms with van der Waals surface area (Å²) in [6, 6.07) is 16.3. The molecule has 8 heteroatoms. The number of benzene rings is 2. The number of carboxylic acid groups (broad SMARTS) is 1. The molecule has 2 amide bonds. The summed E-state index contributed by atoms with van der Waals surface area (Å²) < 4.78 is 11.2. The number of nitrogens with zero attached hydrogens (tertiary/aromatic N) is 1. The Labute approximate surface area is 192 Å². The number of carboxylic acids is 1. The average molecular weight is 453 g/mol. The van der Waals surface area contributed by atoms with Crippen molar-refractivity contribution in [2.45, 2.75) is 25.4 Å². The minimum Gasteiger partial charge on any atom is -0.480 e. The van der Waals surface area contributed by atoms with Crippen molar-refractivity contribution in [3.05, 3.63) is 59.7 Å². The highest BCUT2D eigenvalue weighted by atomic mass is 16.5. The van der Waals surface area contributed by atoms with Crippen molar-refractivity contribution in [2.24, 2.45) is 5.92 Å². The van der Waals surface area contributed by atoms with Crippen molar-refractivity contribution in [1.82, 2.24) is 10.2 Å². The molecule has 1 fully saturated rings. The van der Waals surface area contributed by atoms with Gasteiger partial charge in [-0.1, -0.05) is 48.5 Å². The van der Waals surface area contributed by atoms with Crippen molar-refractivity contribution in [3.63, 3.8) is 0 Å². The maximum Gasteiger partial charge on any atom is 0.407 e. The van der Waals surface area contributed by atoms with E-state index in [0.717, 1.165) is 11.1 Å². The number of hydrogen-bond acceptors (Lipinski definition) is 5. The lowest BCUT2D eigenvalue weighted by Gasteiger charge is -2.21. The summed E-state index contributed by atoms with van der Waals surface area (Å²) in [5, 5.41) is 11.7. The van der Waals surface area contributed by atoms with Crippen LogP contribution in [0.25, 0.3) is 11.1 Å². The summed E-state index contributed by atoms with van der Waals surface area (Å²) in [5.41, 5.74) is 4.63. The van der Waals surface area contributed by atoms with E-state index in [-0.39, 0.29) is 44.2 Å². The van der Waals surface area contributed by atoms with Crippen molar-refractivity contribution in [3.8, 4) is 11.1 Å². The van der Waals surface area contributed by atoms with Crippen molar-refractivity contribution < 1.29 is 29.0 Å². The normalized spacial score (nSPS) is 18.9. The van der Waals surface area contributed by atoms with E-state index in [0.29, 0.717) is 13.0 Å². The van der Waals surface area contributed by atoms with Crippen molar-refractivity contribution in [1.29, 1.82) is 0 Å². The van der Waals surface area contributed by atoms with Gasteiger partial charge in [0.05, 0.1) is 18.6 Å². The minimum absolute atomic E-state index is 0.0119. The Morgan fingerprint density at radius 3 is 2.33 bits per heavy atom. The van der Waals surface area contributed by atoms with E-state index in [4.69, 9.17) is 14.6 Å². The second-order valence-corrected chi connectivity index (χ2v) is 8.34. The molecule has 0 aromatic heterocycles. The van der Waals surface area contributed by atoms with E-state index < -0.39 is 18.0 Å². The SMILES string of the molecule is CCN(CC(=O)O)C(=O)C1COC(CNC(=O)OCC2c3ccccc3-c3ccccc32)C1. The molecule has 1 saturated heterocycles. The highest BCUT2D eigenvalue weighted by Gasteiger charge is 2.34. The Kier molecular flexibility index (Phi) is 6.93. The van der Waals surface area contributed by atoms with Gasteiger partial charge in [-0.2, -0.15) is 0 Å². The summed E-state index contributed by atoms with van der Waals surface area (Å²) in [6.45, 7) is 2.41. The van der Waals surface area contributed by atoms with Crippen LogP contribution in [-0.4, -0.2) is 66.9 Å². The lowest BCUT2D eigenvalue weighted by molar-refractivity contribution is -0.146. The number of carbonyl (C=O) groups is 3. The molecule has 2 atom stereocenters. The van der Waals surface area contributed by atoms with Gasteiger partial charge in [0, 0.05) is 19.0 Å². The molecule has 8 nitrogen and oxygen atoms in total. The first-order valence-electron chi connectivity index (χ1n) is 11.2. The minimum atomic E-state index is -1.04. The van der Waals surface area contributed by atoms with Crippen LogP contribution >= 0.6 is 0 Å². The highest BCUT2D eigenvalue weighted by Crippen LogP contribution is 2.44. The summed E-state index contributed by atoms with van der Waals surface area (Å²) in [5.74, 6) is -1.69. The monoisotopic (exact) mass is 452 g/mol. The summed E-state index contributed by atoms with van der Waals surface area (Å²) in [6.07, 6.45) is -0.419. The van der Waals surface area contributed by atoms with E-state index in [9.17, 15) is 14.4 Å². The van der Waals surface area contributed by atoms with Gasteiger partial charge < -0.3 is 24.8 Å². The first kappa shape index (κ1) is 22.8. The summed E-state index contributed by atoms with van der Waals surface area (Å²) in [4.78, 5) is 37.1. The molecule has 0 saturated carbocycles. The van der Waals surface area contributed by atoms with Crippen LogP contribution < -0.4 is 5.32 Å². The van der Waals surface area contributed by atoms with Gasteiger partial charge in [0.1, 0.15) is 13.2 Å². The van der Waals surface area contributed by atoms with Crippen LogP contribution in [0.2, 0.25) is 0 Å². The molecule has 2 aromatic carbocycles. The smallest absolute Gasteiger partial charge is 0.407 e. The second kappa shape index (κ2) is 10.0. The van der Waals surface area contributed by atoms with Gasteiger partial charge in [-0.3, -0.25) is 9.59 Å². The van der Waals surface area contributed by atoms with Gasteiger partial charge in [0.2, 0.25) is 5.91 Å². The molecule has 0 bridgehead atoms. The molecule has 0 radical (unpaired) electrons. The first-order valence-corrected chi connectivity index (χ1v) is 11.2. The Bertz CT molecular complexity index is 994. The van der Waals surface area contributed by atoms with Crippen LogP contribution in [0.4, 0.5) is 4.79 Å². The molecule has 4 rings (SSSR count). The van der Waals surface area contributed by atoms with E-state index in [1.54, 1.807) is 6.92 Å². The van der Waals surface area contributed by atoms with Gasteiger partial charge in [-0.05, 0) is 35.6 Å². The number of fused-ring (bicyclic) bond motifs is 3. The van der Waals surface area contributed by atoms with Crippen LogP contribution in [0.15, 0.2) is 48.5 Å². The third-order valence-electron chi connectivity index (χ3n) is 6.27. The zero-order valence-corrected chi connectivity index (χ0v) is 18.5. The molecule has 2 N–H and O–H groups in total. The Hall–Kier alpha value is -3.39. The van der Waals surface area contributed by atoms with Gasteiger partial charge in [-0.15, -0.1) is 0 Å². The predicted molar refractivity (Wildman–Crippen MR) is 121 cm³/mol. The molecule has 1 heterocycles. The highest BCUT2D eigenvalue weighted by molar-refractivity contribution is 5.83. The van der Waals surface area contributed by atoms with Gasteiger partial charge in [0.15, 0.2) is 0 Å². The van der Waals surface area contributed by atoms with Crippen LogP contribution in [0, 0.1) is 5.92 Å². The molecular weight excluding hydrogens is 424 g/mol. The number of aliphatic carboxylic acids is 1. The Morgan fingerprint density at radius 1 is 1.09 bits per heavy atom. The third kappa shape index (κ3) is 5.01. The molecule has 33 heavy (non-hydrogen) atoms. The standard InChI is InChI=1S/C25H28N2O6/c1-2-27(13-23(28)29)24(30)16-11-17(32-14-16)12-26-25(31)33-15-22-20-9-5-3-7-18(20)19-8-4-6-10-21(19)22/h3-10,16-17,22H,2,11-15H2,1H3,(H,26,31)(H,28,29). The summed E-state index contributed by atoms with van der Waals surface area (Å²) in [7, 11) is 0. The Morgan fingerprint density at radius 2 is 1.73 bits per heavy atom. The Balaban J connectivity index is 1.26. The maximum absolute atomic E-state index is 12.5. The molecule has 174 valence electrons. The van der Waals surface area contributed by atoms with Gasteiger partial charge >= 0.3 is 12.1 Å². The van der Waals surface area contributed by atoms with E-state index in [1.807, 2.05) is 24.3 Å². The van der Waals surface area contributed by atoms with E-state index in [1.165, 1.54) is 16.0 Å². The molecule has 2 unspecified atom stereocenters. The summed E-state index contributed by atoms with van der Waals surface area (Å²) >= 11 is 0. The fraction of sp³-hybridized carbons (Fsp3) is 0.400. The number of rotatable bonds is 8. The third-order valence-corrected chi connectivity index (χ3v) is 6.27. The topological polar surface area (TPSA) is 105 Å². The number of amides is 2. The first-order chi connectivity index (χ1) is 16.0. The lowest BCUT2D eigenvalue weighted by Crippen LogP contribution is -2.40. The van der Waals surface area contributed by atoms with E-state index in [2.05, 4.69) is 29.6 Å². The molecule has 2 aromatic rings. The van der Waals surface area contributed by atoms with Crippen LogP contribution in [0.3, 0.4) is 0 Å². The van der Waals surface area contributed by atoms with Gasteiger partial charge in [-0.25, -0.2) is 4.79 Å². The van der Waals surface area contributed by atoms with Crippen molar-refractivity contribution in [2.75, 3.05) is 32.8 Å². The van der Waals surface area contributed by atoms with Gasteiger partial charge in [0.25, 0.3) is 0 Å². The lowest BCUT2D eigenvalue weighted by atomic mass is 9.98. The molecular formula is C25H28N2O6. The maximum atomic E-state index is 12.5. The average Bonchev–Trinajstić information content (AvgIpc) is 3.42. The number of hydrogen-bond donors (Lipinski definition) is 2. The number of nitrogens with one attached hydrogen (secondary N) is 1. The number of likely N-dealkylation sites (N-methyl/N-ethyl adjacent to an activating group) is 1. The zero-order valence-electron chi connectivity index (χ0n) is 18.5. The molecule has 1 aliphatic heterocycles. The number of carbonyl (C=O) groups excluding carboxylic acids is 2. The fourth-order valence-corrected chi connectivity index (χ4v) is 4.63. The van der Waals surface area contributed by atoms with Crippen LogP contribution in [-0.2, 0) is 19.1 Å². The number of ether oxygens (including phenoxy) is 2. The van der Waals surface area contributed by atoms with Crippen LogP contribution in [0.1, 0.15) is 30.4 Å². The van der Waals surface area contributed by atoms with E-state index >= 15 is 0 Å². The fourth-order valence-electron chi connectivity index (χ4n) is 4.63. The number of alkyl carbamates (subject to hydrolysis) is 1.